The van der Waals surface area contributed by atoms with Crippen LogP contribution in [0.5, 0.6) is 0 Å². The Hall–Kier alpha value is -4.10. The summed E-state index contributed by atoms with van der Waals surface area (Å²) in [5.74, 6) is -1.56. The van der Waals surface area contributed by atoms with Gasteiger partial charge < -0.3 is 4.57 Å². The number of rotatable bonds is 3. The molecule has 1 aromatic heterocycles. The Balaban J connectivity index is 1.56. The van der Waals surface area contributed by atoms with E-state index in [9.17, 15) is 14.0 Å². The summed E-state index contributed by atoms with van der Waals surface area (Å²) in [6.07, 6.45) is 1.58. The molecule has 0 unspecified atom stereocenters. The average Bonchev–Trinajstić information content (AvgIpc) is 3.10. The second-order valence-corrected chi connectivity index (χ2v) is 8.51. The summed E-state index contributed by atoms with van der Waals surface area (Å²) in [7, 11) is 0. The van der Waals surface area contributed by atoms with Crippen molar-refractivity contribution < 1.29 is 14.0 Å². The minimum Gasteiger partial charge on any atom is -0.318 e. The molecular weight excluding hydrogens is 449 g/mol. The topological polar surface area (TPSA) is 54.3 Å². The third kappa shape index (κ3) is 3.70. The number of anilines is 1. The van der Waals surface area contributed by atoms with Gasteiger partial charge in [-0.25, -0.2) is 4.39 Å². The molecule has 0 bridgehead atoms. The van der Waals surface area contributed by atoms with Crippen molar-refractivity contribution in [2.45, 2.75) is 13.8 Å². The molecule has 5 rings (SSSR count). The van der Waals surface area contributed by atoms with Crippen molar-refractivity contribution in [1.29, 1.82) is 0 Å². The molecule has 0 radical (unpaired) electrons. The Morgan fingerprint density at radius 1 is 0.882 bits per heavy atom. The van der Waals surface area contributed by atoms with E-state index in [1.807, 2.05) is 38.1 Å². The number of aryl methyl sites for hydroxylation is 1. The summed E-state index contributed by atoms with van der Waals surface area (Å²) in [5.41, 5.74) is 3.93. The van der Waals surface area contributed by atoms with Crippen LogP contribution in [0.3, 0.4) is 0 Å². The summed E-state index contributed by atoms with van der Waals surface area (Å²) in [4.78, 5) is 27.2. The van der Waals surface area contributed by atoms with Gasteiger partial charge in [0, 0.05) is 17.1 Å². The maximum atomic E-state index is 13.4. The SMILES string of the molecule is Cc1cc(/C=C2/C(=O)NC(=S)N(c3ccc(F)cc3)C2=O)c(C)n1-c1ccc2ccccc2c1. The van der Waals surface area contributed by atoms with Gasteiger partial charge in [-0.15, -0.1) is 0 Å². The predicted octanol–water partition coefficient (Wildman–Crippen LogP) is 5.22. The van der Waals surface area contributed by atoms with Crippen LogP contribution in [-0.2, 0) is 9.59 Å². The first-order valence-corrected chi connectivity index (χ1v) is 11.1. The van der Waals surface area contributed by atoms with E-state index in [-0.39, 0.29) is 10.7 Å². The van der Waals surface area contributed by atoms with Crippen LogP contribution in [0.1, 0.15) is 17.0 Å². The highest BCUT2D eigenvalue weighted by Crippen LogP contribution is 2.27. The van der Waals surface area contributed by atoms with Crippen molar-refractivity contribution in [3.05, 3.63) is 101 Å². The zero-order chi connectivity index (χ0) is 24.0. The molecular formula is C27H20FN3O2S. The number of aromatic nitrogens is 1. The van der Waals surface area contributed by atoms with Crippen molar-refractivity contribution in [1.82, 2.24) is 9.88 Å². The quantitative estimate of drug-likeness (QED) is 0.254. The molecule has 1 aliphatic heterocycles. The number of benzene rings is 3. The van der Waals surface area contributed by atoms with Gasteiger partial charge in [0.1, 0.15) is 11.4 Å². The van der Waals surface area contributed by atoms with E-state index in [2.05, 4.69) is 34.1 Å². The van der Waals surface area contributed by atoms with E-state index in [1.165, 1.54) is 29.2 Å². The van der Waals surface area contributed by atoms with Gasteiger partial charge in [-0.1, -0.05) is 30.3 Å². The molecule has 0 aliphatic carbocycles. The smallest absolute Gasteiger partial charge is 0.270 e. The van der Waals surface area contributed by atoms with Gasteiger partial charge in [-0.2, -0.15) is 0 Å². The molecule has 7 heteroatoms. The molecule has 34 heavy (non-hydrogen) atoms. The molecule has 3 aromatic carbocycles. The van der Waals surface area contributed by atoms with Gasteiger partial charge in [0.05, 0.1) is 5.69 Å². The van der Waals surface area contributed by atoms with E-state index in [0.29, 0.717) is 5.69 Å². The normalized spacial score (nSPS) is 15.3. The zero-order valence-corrected chi connectivity index (χ0v) is 19.3. The summed E-state index contributed by atoms with van der Waals surface area (Å²) >= 11 is 5.21. The Morgan fingerprint density at radius 3 is 2.29 bits per heavy atom. The van der Waals surface area contributed by atoms with Crippen molar-refractivity contribution in [3.63, 3.8) is 0 Å². The van der Waals surface area contributed by atoms with Crippen molar-refractivity contribution >= 4 is 51.7 Å². The number of nitrogens with zero attached hydrogens (tertiary/aromatic N) is 2. The standard InChI is InChI=1S/C27H20FN3O2S/c1-16-13-20(17(2)30(16)23-10-7-18-5-3-4-6-19(18)14-23)15-24-25(32)29-27(34)31(26(24)33)22-11-8-21(28)9-12-22/h3-15H,1-2H3,(H,29,32,34)/b24-15-. The van der Waals surface area contributed by atoms with E-state index < -0.39 is 17.6 Å². The van der Waals surface area contributed by atoms with Crippen LogP contribution in [0.15, 0.2) is 78.4 Å². The third-order valence-corrected chi connectivity index (χ3v) is 6.23. The average molecular weight is 470 g/mol. The van der Waals surface area contributed by atoms with Crippen LogP contribution >= 0.6 is 12.2 Å². The number of fused-ring (bicyclic) bond motifs is 1. The first-order chi connectivity index (χ1) is 16.3. The van der Waals surface area contributed by atoms with Crippen LogP contribution in [0.2, 0.25) is 0 Å². The number of nitrogens with one attached hydrogen (secondary N) is 1. The van der Waals surface area contributed by atoms with Gasteiger partial charge in [0.25, 0.3) is 11.8 Å². The van der Waals surface area contributed by atoms with Gasteiger partial charge in [0.15, 0.2) is 5.11 Å². The van der Waals surface area contributed by atoms with Crippen molar-refractivity contribution in [3.8, 4) is 5.69 Å². The van der Waals surface area contributed by atoms with Crippen LogP contribution < -0.4 is 10.2 Å². The highest BCUT2D eigenvalue weighted by Gasteiger charge is 2.34. The number of thiocarbonyl (C=S) groups is 1. The minimum atomic E-state index is -0.566. The number of carbonyl (C=O) groups is 2. The fraction of sp³-hybridized carbons (Fsp3) is 0.0741. The molecule has 1 N–H and O–H groups in total. The molecule has 5 nitrogen and oxygen atoms in total. The van der Waals surface area contributed by atoms with Gasteiger partial charge in [-0.3, -0.25) is 19.8 Å². The number of carbonyl (C=O) groups excluding carboxylic acids is 2. The number of amides is 2. The third-order valence-electron chi connectivity index (χ3n) is 5.95. The lowest BCUT2D eigenvalue weighted by Crippen LogP contribution is -2.54. The fourth-order valence-corrected chi connectivity index (χ4v) is 4.57. The van der Waals surface area contributed by atoms with Crippen molar-refractivity contribution in [2.75, 3.05) is 4.90 Å². The number of hydrogen-bond acceptors (Lipinski definition) is 3. The van der Waals surface area contributed by atoms with E-state index in [1.54, 1.807) is 6.08 Å². The lowest BCUT2D eigenvalue weighted by molar-refractivity contribution is -0.122. The Kier molecular flexibility index (Phi) is 5.34. The Labute approximate surface area is 201 Å². The lowest BCUT2D eigenvalue weighted by atomic mass is 10.1. The highest BCUT2D eigenvalue weighted by molar-refractivity contribution is 7.80. The van der Waals surface area contributed by atoms with Gasteiger partial charge in [0.2, 0.25) is 0 Å². The van der Waals surface area contributed by atoms with E-state index in [4.69, 9.17) is 12.2 Å². The van der Waals surface area contributed by atoms with Crippen molar-refractivity contribution in [2.24, 2.45) is 0 Å². The molecule has 1 aliphatic rings. The summed E-state index contributed by atoms with van der Waals surface area (Å²) in [6, 6.07) is 21.7. The second kappa shape index (κ2) is 8.35. The monoisotopic (exact) mass is 469 g/mol. The summed E-state index contributed by atoms with van der Waals surface area (Å²) < 4.78 is 15.5. The molecule has 2 heterocycles. The Bertz CT molecular complexity index is 1520. The van der Waals surface area contributed by atoms with Gasteiger partial charge >= 0.3 is 0 Å². The molecule has 4 aromatic rings. The van der Waals surface area contributed by atoms with Crippen LogP contribution in [0.4, 0.5) is 10.1 Å². The Morgan fingerprint density at radius 2 is 1.56 bits per heavy atom. The summed E-state index contributed by atoms with van der Waals surface area (Å²) in [5, 5.41) is 4.80. The molecule has 0 spiro atoms. The second-order valence-electron chi connectivity index (χ2n) is 8.13. The lowest BCUT2D eigenvalue weighted by Gasteiger charge is -2.28. The molecule has 0 atom stereocenters. The first kappa shape index (κ1) is 21.7. The largest absolute Gasteiger partial charge is 0.318 e. The number of hydrogen-bond donors (Lipinski definition) is 1. The predicted molar refractivity (Wildman–Crippen MR) is 135 cm³/mol. The van der Waals surface area contributed by atoms with Gasteiger partial charge in [-0.05, 0) is 90.9 Å². The maximum absolute atomic E-state index is 13.4. The molecule has 1 fully saturated rings. The van der Waals surface area contributed by atoms with Crippen LogP contribution in [0, 0.1) is 19.7 Å². The highest BCUT2D eigenvalue weighted by atomic mass is 32.1. The molecule has 2 amide bonds. The maximum Gasteiger partial charge on any atom is 0.270 e. The number of halogens is 1. The molecule has 1 saturated heterocycles. The van der Waals surface area contributed by atoms with Crippen LogP contribution in [0.25, 0.3) is 22.5 Å². The van der Waals surface area contributed by atoms with E-state index >= 15 is 0 Å². The van der Waals surface area contributed by atoms with E-state index in [0.717, 1.165) is 33.4 Å². The first-order valence-electron chi connectivity index (χ1n) is 10.7. The minimum absolute atomic E-state index is 0.0413. The zero-order valence-electron chi connectivity index (χ0n) is 18.5. The molecule has 0 saturated carbocycles. The van der Waals surface area contributed by atoms with Crippen LogP contribution in [-0.4, -0.2) is 21.5 Å². The summed E-state index contributed by atoms with van der Waals surface area (Å²) in [6.45, 7) is 3.93. The fourth-order valence-electron chi connectivity index (χ4n) is 4.28. The molecule has 168 valence electrons.